The molecule has 0 aliphatic rings. The van der Waals surface area contributed by atoms with Crippen molar-refractivity contribution in [2.24, 2.45) is 0 Å². The Morgan fingerprint density at radius 2 is 2.38 bits per heavy atom. The third-order valence-corrected chi connectivity index (χ3v) is 3.08. The summed E-state index contributed by atoms with van der Waals surface area (Å²) in [5.74, 6) is 0.0704. The van der Waals surface area contributed by atoms with E-state index in [4.69, 9.17) is 0 Å². The highest BCUT2D eigenvalue weighted by molar-refractivity contribution is 7.09. The molecule has 0 bridgehead atoms. The van der Waals surface area contributed by atoms with E-state index < -0.39 is 5.95 Å². The van der Waals surface area contributed by atoms with Crippen molar-refractivity contribution < 1.29 is 4.39 Å². The van der Waals surface area contributed by atoms with E-state index in [2.05, 4.69) is 22.2 Å². The van der Waals surface area contributed by atoms with Gasteiger partial charge < -0.3 is 5.32 Å². The van der Waals surface area contributed by atoms with Crippen LogP contribution in [0.15, 0.2) is 29.8 Å². The van der Waals surface area contributed by atoms with Gasteiger partial charge in [-0.15, -0.1) is 11.3 Å². The smallest absolute Gasteiger partial charge is 0.214 e. The maximum atomic E-state index is 12.9. The van der Waals surface area contributed by atoms with Gasteiger partial charge in [-0.3, -0.25) is 0 Å². The molecule has 2 rings (SSSR count). The fourth-order valence-corrected chi connectivity index (χ4v) is 2.18. The second-order valence-corrected chi connectivity index (χ2v) is 4.25. The van der Waals surface area contributed by atoms with Crippen LogP contribution in [0.25, 0.3) is 0 Å². The van der Waals surface area contributed by atoms with E-state index in [9.17, 15) is 4.39 Å². The molecule has 0 aliphatic heterocycles. The average Bonchev–Trinajstić information content (AvgIpc) is 2.79. The monoisotopic (exact) mass is 237 g/mol. The molecule has 1 atom stereocenters. The van der Waals surface area contributed by atoms with E-state index in [1.54, 1.807) is 29.7 Å². The van der Waals surface area contributed by atoms with Gasteiger partial charge >= 0.3 is 0 Å². The number of halogens is 1. The summed E-state index contributed by atoms with van der Waals surface area (Å²) in [6.45, 7) is 2.05. The number of anilines is 1. The molecule has 2 heterocycles. The SMILES string of the molecule is CCC(Nc1cccc(F)n1)c1nccs1. The van der Waals surface area contributed by atoms with Crippen LogP contribution >= 0.6 is 11.3 Å². The maximum Gasteiger partial charge on any atom is 0.214 e. The van der Waals surface area contributed by atoms with Crippen LogP contribution in [-0.2, 0) is 0 Å². The van der Waals surface area contributed by atoms with E-state index in [-0.39, 0.29) is 6.04 Å². The van der Waals surface area contributed by atoms with Gasteiger partial charge in [0.1, 0.15) is 10.8 Å². The molecule has 84 valence electrons. The standard InChI is InChI=1S/C11H12FN3S/c1-2-8(11-13-6-7-16-11)14-10-5-3-4-9(12)15-10/h3-8H,2H2,1H3,(H,14,15). The summed E-state index contributed by atoms with van der Waals surface area (Å²) in [5.41, 5.74) is 0. The summed E-state index contributed by atoms with van der Waals surface area (Å²) in [7, 11) is 0. The number of nitrogens with one attached hydrogen (secondary N) is 1. The van der Waals surface area contributed by atoms with Crippen LogP contribution in [0.2, 0.25) is 0 Å². The van der Waals surface area contributed by atoms with E-state index in [1.807, 2.05) is 5.38 Å². The van der Waals surface area contributed by atoms with Gasteiger partial charge in [-0.2, -0.15) is 4.39 Å². The molecule has 2 aromatic heterocycles. The van der Waals surface area contributed by atoms with Crippen molar-refractivity contribution in [2.75, 3.05) is 5.32 Å². The Balaban J connectivity index is 2.13. The summed E-state index contributed by atoms with van der Waals surface area (Å²) in [6.07, 6.45) is 2.65. The van der Waals surface area contributed by atoms with Crippen LogP contribution in [0.1, 0.15) is 24.4 Å². The van der Waals surface area contributed by atoms with E-state index >= 15 is 0 Å². The van der Waals surface area contributed by atoms with E-state index in [1.165, 1.54) is 6.07 Å². The van der Waals surface area contributed by atoms with Crippen molar-refractivity contribution in [3.05, 3.63) is 40.7 Å². The summed E-state index contributed by atoms with van der Waals surface area (Å²) in [6, 6.07) is 4.81. The largest absolute Gasteiger partial charge is 0.361 e. The molecule has 3 nitrogen and oxygen atoms in total. The predicted octanol–water partition coefficient (Wildman–Crippen LogP) is 3.24. The van der Waals surface area contributed by atoms with Gasteiger partial charge in [-0.05, 0) is 18.6 Å². The number of aromatic nitrogens is 2. The van der Waals surface area contributed by atoms with Crippen molar-refractivity contribution in [3.8, 4) is 0 Å². The highest BCUT2D eigenvalue weighted by Crippen LogP contribution is 2.22. The predicted molar refractivity (Wildman–Crippen MR) is 63.0 cm³/mol. The Hall–Kier alpha value is -1.49. The zero-order chi connectivity index (χ0) is 11.4. The second-order valence-electron chi connectivity index (χ2n) is 3.32. The zero-order valence-corrected chi connectivity index (χ0v) is 9.67. The van der Waals surface area contributed by atoms with Crippen molar-refractivity contribution in [1.29, 1.82) is 0 Å². The lowest BCUT2D eigenvalue weighted by Gasteiger charge is -2.14. The molecule has 2 aromatic rings. The number of nitrogens with zero attached hydrogens (tertiary/aromatic N) is 2. The van der Waals surface area contributed by atoms with Gasteiger partial charge in [0.2, 0.25) is 5.95 Å². The molecule has 0 saturated heterocycles. The number of pyridine rings is 1. The number of thiazole rings is 1. The van der Waals surface area contributed by atoms with Crippen LogP contribution in [0.4, 0.5) is 10.2 Å². The van der Waals surface area contributed by atoms with Gasteiger partial charge in [0.25, 0.3) is 0 Å². The Labute approximate surface area is 97.4 Å². The van der Waals surface area contributed by atoms with Gasteiger partial charge in [0, 0.05) is 11.6 Å². The third kappa shape index (κ3) is 2.55. The van der Waals surface area contributed by atoms with Crippen LogP contribution < -0.4 is 5.32 Å². The van der Waals surface area contributed by atoms with E-state index in [0.717, 1.165) is 11.4 Å². The van der Waals surface area contributed by atoms with Crippen molar-refractivity contribution in [3.63, 3.8) is 0 Å². The molecule has 0 amide bonds. The first-order valence-electron chi connectivity index (χ1n) is 5.08. The highest BCUT2D eigenvalue weighted by Gasteiger charge is 2.12. The molecule has 5 heteroatoms. The summed E-state index contributed by atoms with van der Waals surface area (Å²) in [4.78, 5) is 8.01. The molecular weight excluding hydrogens is 225 g/mol. The lowest BCUT2D eigenvalue weighted by molar-refractivity contribution is 0.583. The van der Waals surface area contributed by atoms with E-state index in [0.29, 0.717) is 5.82 Å². The minimum Gasteiger partial charge on any atom is -0.361 e. The summed E-state index contributed by atoms with van der Waals surface area (Å²) in [5, 5.41) is 6.09. The average molecular weight is 237 g/mol. The first kappa shape index (κ1) is 11.0. The first-order valence-corrected chi connectivity index (χ1v) is 5.96. The van der Waals surface area contributed by atoms with Gasteiger partial charge in [0.15, 0.2) is 0 Å². The van der Waals surface area contributed by atoms with Crippen molar-refractivity contribution >= 4 is 17.2 Å². The van der Waals surface area contributed by atoms with Crippen LogP contribution in [0.3, 0.4) is 0 Å². The van der Waals surface area contributed by atoms with Crippen LogP contribution in [0.5, 0.6) is 0 Å². The molecular formula is C11H12FN3S. The Bertz CT molecular complexity index is 444. The van der Waals surface area contributed by atoms with Crippen molar-refractivity contribution in [2.45, 2.75) is 19.4 Å². The van der Waals surface area contributed by atoms with Gasteiger partial charge in [0.05, 0.1) is 6.04 Å². The lowest BCUT2D eigenvalue weighted by atomic mass is 10.2. The quantitative estimate of drug-likeness (QED) is 0.829. The molecule has 1 unspecified atom stereocenters. The lowest BCUT2D eigenvalue weighted by Crippen LogP contribution is -2.10. The number of rotatable bonds is 4. The topological polar surface area (TPSA) is 37.8 Å². The molecule has 0 aromatic carbocycles. The molecule has 16 heavy (non-hydrogen) atoms. The van der Waals surface area contributed by atoms with Crippen molar-refractivity contribution in [1.82, 2.24) is 9.97 Å². The fraction of sp³-hybridized carbons (Fsp3) is 0.273. The van der Waals surface area contributed by atoms with Crippen LogP contribution in [0, 0.1) is 5.95 Å². The van der Waals surface area contributed by atoms with Crippen LogP contribution in [-0.4, -0.2) is 9.97 Å². The second kappa shape index (κ2) is 5.03. The Morgan fingerprint density at radius 1 is 1.50 bits per heavy atom. The molecule has 0 fully saturated rings. The number of hydrogen-bond donors (Lipinski definition) is 1. The fourth-order valence-electron chi connectivity index (χ4n) is 1.41. The normalized spacial score (nSPS) is 12.4. The zero-order valence-electron chi connectivity index (χ0n) is 8.85. The molecule has 1 N–H and O–H groups in total. The Kier molecular flexibility index (Phi) is 3.46. The maximum absolute atomic E-state index is 12.9. The first-order chi connectivity index (χ1) is 7.79. The number of hydrogen-bond acceptors (Lipinski definition) is 4. The summed E-state index contributed by atoms with van der Waals surface area (Å²) < 4.78 is 12.9. The highest BCUT2D eigenvalue weighted by atomic mass is 32.1. The van der Waals surface area contributed by atoms with Gasteiger partial charge in [-0.1, -0.05) is 13.0 Å². The molecule has 0 radical (unpaired) electrons. The minimum absolute atomic E-state index is 0.0919. The van der Waals surface area contributed by atoms with Gasteiger partial charge in [-0.25, -0.2) is 9.97 Å². The molecule has 0 saturated carbocycles. The minimum atomic E-state index is -0.473. The summed E-state index contributed by atoms with van der Waals surface area (Å²) >= 11 is 1.58. The molecule has 0 aliphatic carbocycles. The Morgan fingerprint density at radius 3 is 3.00 bits per heavy atom. The third-order valence-electron chi connectivity index (χ3n) is 2.19. The molecule has 0 spiro atoms.